The normalized spacial score (nSPS) is 20.4. The summed E-state index contributed by atoms with van der Waals surface area (Å²) in [6, 6.07) is 0. The molecule has 15 heavy (non-hydrogen) atoms. The van der Waals surface area contributed by atoms with Crippen LogP contribution in [0.15, 0.2) is 0 Å². The molecule has 0 spiro atoms. The van der Waals surface area contributed by atoms with Gasteiger partial charge in [0, 0.05) is 12.1 Å². The van der Waals surface area contributed by atoms with E-state index < -0.39 is 11.4 Å². The summed E-state index contributed by atoms with van der Waals surface area (Å²) in [6.45, 7) is 7.56. The minimum absolute atomic E-state index is 0.205. The van der Waals surface area contributed by atoms with E-state index in [2.05, 4.69) is 0 Å². The van der Waals surface area contributed by atoms with Gasteiger partial charge in [-0.1, -0.05) is 0 Å². The van der Waals surface area contributed by atoms with Crippen LogP contribution in [0.4, 0.5) is 0 Å². The van der Waals surface area contributed by atoms with Crippen LogP contribution in [-0.2, 0) is 9.59 Å². The van der Waals surface area contributed by atoms with Crippen LogP contribution in [-0.4, -0.2) is 34.0 Å². The molecule has 1 amide bonds. The first-order chi connectivity index (χ1) is 6.69. The average Bonchev–Trinajstić information content (AvgIpc) is 2.43. The van der Waals surface area contributed by atoms with Gasteiger partial charge in [-0.25, -0.2) is 0 Å². The van der Waals surface area contributed by atoms with Crippen molar-refractivity contribution in [1.29, 1.82) is 0 Å². The van der Waals surface area contributed by atoms with Gasteiger partial charge in [-0.2, -0.15) is 0 Å². The molecule has 1 aliphatic heterocycles. The summed E-state index contributed by atoms with van der Waals surface area (Å²) < 4.78 is 0. The van der Waals surface area contributed by atoms with Crippen LogP contribution in [0.2, 0.25) is 0 Å². The quantitative estimate of drug-likeness (QED) is 0.707. The van der Waals surface area contributed by atoms with Gasteiger partial charge in [-0.15, -0.1) is 0 Å². The molecule has 0 aromatic rings. The number of rotatable bonds is 2. The predicted molar refractivity (Wildman–Crippen MR) is 56.4 cm³/mol. The van der Waals surface area contributed by atoms with E-state index >= 15 is 0 Å². The molecule has 1 fully saturated rings. The summed E-state index contributed by atoms with van der Waals surface area (Å²) in [5.74, 6) is -1.34. The molecule has 0 aliphatic carbocycles. The van der Waals surface area contributed by atoms with Gasteiger partial charge < -0.3 is 10.0 Å². The highest BCUT2D eigenvalue weighted by Gasteiger charge is 2.45. The Hall–Kier alpha value is -1.06. The Balaban J connectivity index is 2.90. The summed E-state index contributed by atoms with van der Waals surface area (Å²) in [5, 5.41) is 8.99. The van der Waals surface area contributed by atoms with Gasteiger partial charge in [0.25, 0.3) is 0 Å². The van der Waals surface area contributed by atoms with Crippen molar-refractivity contribution < 1.29 is 14.7 Å². The Morgan fingerprint density at radius 2 is 1.87 bits per heavy atom. The zero-order valence-electron chi connectivity index (χ0n) is 9.83. The molecule has 1 aliphatic rings. The summed E-state index contributed by atoms with van der Waals surface area (Å²) >= 11 is 0. The van der Waals surface area contributed by atoms with Crippen molar-refractivity contribution in [2.45, 2.75) is 46.1 Å². The molecule has 86 valence electrons. The van der Waals surface area contributed by atoms with Crippen molar-refractivity contribution in [1.82, 2.24) is 4.90 Å². The topological polar surface area (TPSA) is 57.6 Å². The number of hydrogen-bond donors (Lipinski definition) is 1. The minimum Gasteiger partial charge on any atom is -0.480 e. The number of carbonyl (C=O) groups excluding carboxylic acids is 1. The van der Waals surface area contributed by atoms with E-state index in [1.807, 2.05) is 13.8 Å². The molecule has 1 rings (SSSR count). The van der Waals surface area contributed by atoms with Crippen molar-refractivity contribution in [3.63, 3.8) is 0 Å². The lowest BCUT2D eigenvalue weighted by atomic mass is 9.90. The first kappa shape index (κ1) is 12.0. The van der Waals surface area contributed by atoms with Gasteiger partial charge in [0.1, 0.15) is 5.41 Å². The lowest BCUT2D eigenvalue weighted by Crippen LogP contribution is -2.51. The van der Waals surface area contributed by atoms with Crippen LogP contribution >= 0.6 is 0 Å². The van der Waals surface area contributed by atoms with E-state index in [1.165, 1.54) is 13.8 Å². The highest BCUT2D eigenvalue weighted by molar-refractivity contribution is 6.01. The molecule has 1 heterocycles. The zero-order chi connectivity index (χ0) is 11.9. The first-order valence-electron chi connectivity index (χ1n) is 5.25. The van der Waals surface area contributed by atoms with Crippen LogP contribution in [0.3, 0.4) is 0 Å². The molecule has 4 nitrogen and oxygen atoms in total. The van der Waals surface area contributed by atoms with E-state index in [9.17, 15) is 9.59 Å². The SMILES string of the molecule is CC(C)(C(=O)O)C(=O)N1CCCC1(C)C. The molecule has 4 heteroatoms. The summed E-state index contributed by atoms with van der Waals surface area (Å²) in [5.41, 5.74) is -1.52. The Kier molecular flexibility index (Phi) is 2.81. The molecular weight excluding hydrogens is 194 g/mol. The number of amides is 1. The first-order valence-corrected chi connectivity index (χ1v) is 5.25. The lowest BCUT2D eigenvalue weighted by Gasteiger charge is -2.35. The third-order valence-electron chi connectivity index (χ3n) is 3.22. The van der Waals surface area contributed by atoms with Gasteiger partial charge in [-0.3, -0.25) is 9.59 Å². The summed E-state index contributed by atoms with van der Waals surface area (Å²) in [6.07, 6.45) is 1.89. The van der Waals surface area contributed by atoms with E-state index in [0.717, 1.165) is 12.8 Å². The number of nitrogens with zero attached hydrogens (tertiary/aromatic N) is 1. The monoisotopic (exact) mass is 213 g/mol. The molecule has 0 aromatic heterocycles. The summed E-state index contributed by atoms with van der Waals surface area (Å²) in [7, 11) is 0. The number of aliphatic carboxylic acids is 1. The Labute approximate surface area is 90.3 Å². The van der Waals surface area contributed by atoms with Crippen LogP contribution in [0.5, 0.6) is 0 Å². The van der Waals surface area contributed by atoms with Crippen LogP contribution in [0.1, 0.15) is 40.5 Å². The molecule has 0 radical (unpaired) electrons. The van der Waals surface area contributed by atoms with Gasteiger partial charge in [0.05, 0.1) is 0 Å². The van der Waals surface area contributed by atoms with Gasteiger partial charge in [-0.05, 0) is 40.5 Å². The van der Waals surface area contributed by atoms with E-state index in [1.54, 1.807) is 4.90 Å². The van der Waals surface area contributed by atoms with Crippen molar-refractivity contribution in [3.8, 4) is 0 Å². The molecule has 0 aromatic carbocycles. The number of carbonyl (C=O) groups is 2. The molecular formula is C11H19NO3. The second-order valence-corrected chi connectivity index (χ2v) is 5.30. The van der Waals surface area contributed by atoms with Crippen LogP contribution in [0, 0.1) is 5.41 Å². The minimum atomic E-state index is -1.32. The second-order valence-electron chi connectivity index (χ2n) is 5.30. The maximum Gasteiger partial charge on any atom is 0.318 e. The van der Waals surface area contributed by atoms with E-state index in [4.69, 9.17) is 5.11 Å². The number of hydrogen-bond acceptors (Lipinski definition) is 2. The van der Waals surface area contributed by atoms with Crippen LogP contribution < -0.4 is 0 Å². The van der Waals surface area contributed by atoms with Crippen molar-refractivity contribution in [2.24, 2.45) is 5.41 Å². The fourth-order valence-electron chi connectivity index (χ4n) is 1.91. The fourth-order valence-corrected chi connectivity index (χ4v) is 1.91. The molecule has 0 atom stereocenters. The van der Waals surface area contributed by atoms with Gasteiger partial charge in [0.15, 0.2) is 0 Å². The largest absolute Gasteiger partial charge is 0.480 e. The third kappa shape index (κ3) is 1.98. The highest BCUT2D eigenvalue weighted by Crippen LogP contribution is 2.32. The lowest BCUT2D eigenvalue weighted by molar-refractivity contribution is -0.159. The Morgan fingerprint density at radius 1 is 1.33 bits per heavy atom. The van der Waals surface area contributed by atoms with Crippen molar-refractivity contribution >= 4 is 11.9 Å². The van der Waals surface area contributed by atoms with E-state index in [0.29, 0.717) is 6.54 Å². The molecule has 0 saturated carbocycles. The van der Waals surface area contributed by atoms with Crippen molar-refractivity contribution in [2.75, 3.05) is 6.54 Å². The predicted octanol–water partition coefficient (Wildman–Crippen LogP) is 1.50. The summed E-state index contributed by atoms with van der Waals surface area (Å²) in [4.78, 5) is 24.7. The smallest absolute Gasteiger partial charge is 0.318 e. The third-order valence-corrected chi connectivity index (χ3v) is 3.22. The Bertz CT molecular complexity index is 294. The number of carboxylic acids is 1. The molecule has 1 saturated heterocycles. The molecule has 1 N–H and O–H groups in total. The number of likely N-dealkylation sites (tertiary alicyclic amines) is 1. The molecule has 0 unspecified atom stereocenters. The van der Waals surface area contributed by atoms with Crippen LogP contribution in [0.25, 0.3) is 0 Å². The van der Waals surface area contributed by atoms with Gasteiger partial charge >= 0.3 is 5.97 Å². The fraction of sp³-hybridized carbons (Fsp3) is 0.818. The maximum absolute atomic E-state index is 12.1. The molecule has 0 bridgehead atoms. The standard InChI is InChI=1S/C11H19NO3/c1-10(2)6-5-7-12(10)8(13)11(3,4)9(14)15/h5-7H2,1-4H3,(H,14,15). The van der Waals surface area contributed by atoms with E-state index in [-0.39, 0.29) is 11.4 Å². The zero-order valence-corrected chi connectivity index (χ0v) is 9.83. The highest BCUT2D eigenvalue weighted by atomic mass is 16.4. The number of carboxylic acid groups (broad SMARTS) is 1. The maximum atomic E-state index is 12.1. The second kappa shape index (κ2) is 3.51. The average molecular weight is 213 g/mol. The van der Waals surface area contributed by atoms with Gasteiger partial charge in [0.2, 0.25) is 5.91 Å². The Morgan fingerprint density at radius 3 is 2.20 bits per heavy atom. The van der Waals surface area contributed by atoms with Crippen molar-refractivity contribution in [3.05, 3.63) is 0 Å².